The molecule has 1 aromatic carbocycles. The van der Waals surface area contributed by atoms with E-state index in [4.69, 9.17) is 4.74 Å². The molecule has 2 heterocycles. The van der Waals surface area contributed by atoms with Gasteiger partial charge in [-0.3, -0.25) is 0 Å². The Bertz CT molecular complexity index is 382. The SMILES string of the molecule is CN1CCC(CNCC2Cc3ccccc3O2)C1. The zero-order valence-corrected chi connectivity index (χ0v) is 11.1. The summed E-state index contributed by atoms with van der Waals surface area (Å²) in [6.07, 6.45) is 2.70. The fourth-order valence-electron chi connectivity index (χ4n) is 3.01. The van der Waals surface area contributed by atoms with Crippen LogP contribution in [0.5, 0.6) is 5.75 Å². The minimum Gasteiger partial charge on any atom is -0.488 e. The van der Waals surface area contributed by atoms with Gasteiger partial charge in [-0.15, -0.1) is 0 Å². The maximum absolute atomic E-state index is 5.92. The van der Waals surface area contributed by atoms with Gasteiger partial charge in [0.1, 0.15) is 11.9 Å². The van der Waals surface area contributed by atoms with Crippen LogP contribution in [-0.2, 0) is 6.42 Å². The number of rotatable bonds is 4. The van der Waals surface area contributed by atoms with Crippen molar-refractivity contribution in [1.82, 2.24) is 10.2 Å². The van der Waals surface area contributed by atoms with Crippen molar-refractivity contribution in [2.24, 2.45) is 5.92 Å². The first-order chi connectivity index (χ1) is 8.81. The Morgan fingerprint density at radius 3 is 3.00 bits per heavy atom. The molecule has 1 N–H and O–H groups in total. The molecule has 1 fully saturated rings. The van der Waals surface area contributed by atoms with Gasteiger partial charge in [0.15, 0.2) is 0 Å². The van der Waals surface area contributed by atoms with Crippen LogP contribution in [0.4, 0.5) is 0 Å². The summed E-state index contributed by atoms with van der Waals surface area (Å²) in [5.74, 6) is 1.89. The Morgan fingerprint density at radius 2 is 2.22 bits per heavy atom. The van der Waals surface area contributed by atoms with Gasteiger partial charge in [-0.25, -0.2) is 0 Å². The summed E-state index contributed by atoms with van der Waals surface area (Å²) < 4.78 is 5.92. The molecule has 98 valence electrons. The third-order valence-corrected chi connectivity index (χ3v) is 4.01. The highest BCUT2D eigenvalue weighted by molar-refractivity contribution is 5.37. The van der Waals surface area contributed by atoms with Crippen molar-refractivity contribution in [2.75, 3.05) is 33.2 Å². The topological polar surface area (TPSA) is 24.5 Å². The quantitative estimate of drug-likeness (QED) is 0.872. The van der Waals surface area contributed by atoms with Gasteiger partial charge in [-0.1, -0.05) is 18.2 Å². The number of benzene rings is 1. The molecule has 2 aliphatic heterocycles. The largest absolute Gasteiger partial charge is 0.488 e. The lowest BCUT2D eigenvalue weighted by Crippen LogP contribution is -2.34. The highest BCUT2D eigenvalue weighted by Crippen LogP contribution is 2.27. The number of para-hydroxylation sites is 1. The van der Waals surface area contributed by atoms with Crippen molar-refractivity contribution in [2.45, 2.75) is 18.9 Å². The Morgan fingerprint density at radius 1 is 1.33 bits per heavy atom. The Hall–Kier alpha value is -1.06. The minimum absolute atomic E-state index is 0.321. The van der Waals surface area contributed by atoms with Crippen molar-refractivity contribution in [1.29, 1.82) is 0 Å². The van der Waals surface area contributed by atoms with Crippen LogP contribution in [0.3, 0.4) is 0 Å². The zero-order valence-electron chi connectivity index (χ0n) is 11.1. The first-order valence-electron chi connectivity index (χ1n) is 6.95. The monoisotopic (exact) mass is 246 g/mol. The van der Waals surface area contributed by atoms with Gasteiger partial charge in [0.25, 0.3) is 0 Å². The fourth-order valence-corrected chi connectivity index (χ4v) is 3.01. The van der Waals surface area contributed by atoms with Crippen LogP contribution < -0.4 is 10.1 Å². The average molecular weight is 246 g/mol. The van der Waals surface area contributed by atoms with Crippen LogP contribution in [0, 0.1) is 5.92 Å². The number of hydrogen-bond donors (Lipinski definition) is 1. The van der Waals surface area contributed by atoms with Crippen LogP contribution in [0.25, 0.3) is 0 Å². The van der Waals surface area contributed by atoms with Gasteiger partial charge in [0.05, 0.1) is 0 Å². The maximum Gasteiger partial charge on any atom is 0.123 e. The first kappa shape index (κ1) is 12.0. The van der Waals surface area contributed by atoms with E-state index in [-0.39, 0.29) is 0 Å². The predicted octanol–water partition coefficient (Wildman–Crippen LogP) is 1.53. The summed E-state index contributed by atoms with van der Waals surface area (Å²) in [4.78, 5) is 2.41. The highest BCUT2D eigenvalue weighted by atomic mass is 16.5. The van der Waals surface area contributed by atoms with E-state index in [0.29, 0.717) is 6.10 Å². The number of ether oxygens (including phenoxy) is 1. The molecule has 2 unspecified atom stereocenters. The smallest absolute Gasteiger partial charge is 0.123 e. The summed E-state index contributed by atoms with van der Waals surface area (Å²) in [6.45, 7) is 4.58. The van der Waals surface area contributed by atoms with Gasteiger partial charge in [0.2, 0.25) is 0 Å². The molecule has 2 aliphatic rings. The first-order valence-corrected chi connectivity index (χ1v) is 6.95. The van der Waals surface area contributed by atoms with Crippen LogP contribution in [-0.4, -0.2) is 44.2 Å². The van der Waals surface area contributed by atoms with E-state index in [0.717, 1.165) is 31.2 Å². The standard InChI is InChI=1S/C15H22N2O/c1-17-7-6-12(11-17)9-16-10-14-8-13-4-2-3-5-15(13)18-14/h2-5,12,14,16H,6-11H2,1H3. The molecule has 18 heavy (non-hydrogen) atoms. The second kappa shape index (κ2) is 5.29. The number of hydrogen-bond acceptors (Lipinski definition) is 3. The predicted molar refractivity (Wildman–Crippen MR) is 73.0 cm³/mol. The number of fused-ring (bicyclic) bond motifs is 1. The molecule has 1 saturated heterocycles. The van der Waals surface area contributed by atoms with Crippen molar-refractivity contribution in [3.63, 3.8) is 0 Å². The van der Waals surface area contributed by atoms with Gasteiger partial charge in [-0.05, 0) is 44.1 Å². The average Bonchev–Trinajstić information content (AvgIpc) is 2.95. The van der Waals surface area contributed by atoms with Crippen molar-refractivity contribution in [3.8, 4) is 5.75 Å². The lowest BCUT2D eigenvalue weighted by atomic mass is 10.1. The van der Waals surface area contributed by atoms with Crippen molar-refractivity contribution >= 4 is 0 Å². The fraction of sp³-hybridized carbons (Fsp3) is 0.600. The van der Waals surface area contributed by atoms with Crippen molar-refractivity contribution in [3.05, 3.63) is 29.8 Å². The molecule has 2 atom stereocenters. The molecule has 0 radical (unpaired) electrons. The Labute approximate surface area is 109 Å². The third kappa shape index (κ3) is 2.68. The van der Waals surface area contributed by atoms with Crippen LogP contribution in [0.2, 0.25) is 0 Å². The molecular weight excluding hydrogens is 224 g/mol. The second-order valence-electron chi connectivity index (χ2n) is 5.63. The molecule has 0 spiro atoms. The van der Waals surface area contributed by atoms with Crippen molar-refractivity contribution < 1.29 is 4.74 Å². The van der Waals surface area contributed by atoms with E-state index in [1.165, 1.54) is 25.1 Å². The third-order valence-electron chi connectivity index (χ3n) is 4.01. The summed E-state index contributed by atoms with van der Waals surface area (Å²) in [5, 5.41) is 3.57. The molecule has 3 heteroatoms. The molecule has 0 aromatic heterocycles. The van der Waals surface area contributed by atoms with Crippen LogP contribution in [0.15, 0.2) is 24.3 Å². The van der Waals surface area contributed by atoms with E-state index in [1.54, 1.807) is 0 Å². The number of nitrogens with zero attached hydrogens (tertiary/aromatic N) is 1. The second-order valence-corrected chi connectivity index (χ2v) is 5.63. The summed E-state index contributed by atoms with van der Waals surface area (Å²) in [6, 6.07) is 8.37. The summed E-state index contributed by atoms with van der Waals surface area (Å²) in [7, 11) is 2.21. The normalized spacial score (nSPS) is 27.2. The number of likely N-dealkylation sites (tertiary alicyclic amines) is 1. The van der Waals surface area contributed by atoms with E-state index in [1.807, 2.05) is 6.07 Å². The molecule has 3 rings (SSSR count). The van der Waals surface area contributed by atoms with Gasteiger partial charge in [0, 0.05) is 19.5 Å². The minimum atomic E-state index is 0.321. The zero-order chi connectivity index (χ0) is 12.4. The number of nitrogens with one attached hydrogen (secondary N) is 1. The maximum atomic E-state index is 5.92. The molecule has 0 amide bonds. The lowest BCUT2D eigenvalue weighted by molar-refractivity contribution is 0.224. The van der Waals surface area contributed by atoms with Gasteiger partial charge in [-0.2, -0.15) is 0 Å². The van der Waals surface area contributed by atoms with E-state index >= 15 is 0 Å². The molecule has 1 aromatic rings. The van der Waals surface area contributed by atoms with E-state index in [2.05, 4.69) is 35.5 Å². The molecule has 3 nitrogen and oxygen atoms in total. The van der Waals surface area contributed by atoms with Crippen LogP contribution in [0.1, 0.15) is 12.0 Å². The highest BCUT2D eigenvalue weighted by Gasteiger charge is 2.23. The lowest BCUT2D eigenvalue weighted by Gasteiger charge is -2.15. The molecular formula is C15H22N2O. The van der Waals surface area contributed by atoms with E-state index < -0.39 is 0 Å². The van der Waals surface area contributed by atoms with Gasteiger partial charge < -0.3 is 15.0 Å². The van der Waals surface area contributed by atoms with E-state index in [9.17, 15) is 0 Å². The molecule has 0 aliphatic carbocycles. The Balaban J connectivity index is 1.41. The molecule has 0 saturated carbocycles. The summed E-state index contributed by atoms with van der Waals surface area (Å²) >= 11 is 0. The molecule has 0 bridgehead atoms. The van der Waals surface area contributed by atoms with Gasteiger partial charge >= 0.3 is 0 Å². The summed E-state index contributed by atoms with van der Waals surface area (Å²) in [5.41, 5.74) is 1.35. The van der Waals surface area contributed by atoms with Crippen LogP contribution >= 0.6 is 0 Å². The Kier molecular flexibility index (Phi) is 3.52.